The van der Waals surface area contributed by atoms with Crippen LogP contribution in [0.15, 0.2) is 78.9 Å². The summed E-state index contributed by atoms with van der Waals surface area (Å²) in [5, 5.41) is 0.711. The molecule has 0 atom stereocenters. The summed E-state index contributed by atoms with van der Waals surface area (Å²) in [6.45, 7) is 1.81. The first-order chi connectivity index (χ1) is 15.1. The van der Waals surface area contributed by atoms with Gasteiger partial charge < -0.3 is 9.47 Å². The van der Waals surface area contributed by atoms with Gasteiger partial charge in [-0.1, -0.05) is 25.1 Å². The molecular weight excluding hydrogens is 390 g/mol. The van der Waals surface area contributed by atoms with Gasteiger partial charge in [-0.15, -0.1) is 0 Å². The van der Waals surface area contributed by atoms with Crippen LogP contribution in [-0.4, -0.2) is 23.8 Å². The van der Waals surface area contributed by atoms with Gasteiger partial charge in [-0.05, 0) is 60.7 Å². The fraction of sp³-hybridized carbons (Fsp3) is 0.115. The van der Waals surface area contributed by atoms with Crippen molar-refractivity contribution in [2.24, 2.45) is 0 Å². The van der Waals surface area contributed by atoms with Crippen molar-refractivity contribution in [3.8, 4) is 22.8 Å². The van der Waals surface area contributed by atoms with Gasteiger partial charge in [0.25, 0.3) is 0 Å². The van der Waals surface area contributed by atoms with E-state index in [1.165, 1.54) is 0 Å². The van der Waals surface area contributed by atoms with Crippen LogP contribution in [0.2, 0.25) is 0 Å². The summed E-state index contributed by atoms with van der Waals surface area (Å²) >= 11 is 0. The molecule has 3 aromatic carbocycles. The average Bonchev–Trinajstić information content (AvgIpc) is 2.83. The number of methoxy groups -OCH3 is 1. The molecule has 1 aromatic heterocycles. The van der Waals surface area contributed by atoms with E-state index in [2.05, 4.69) is 0 Å². The zero-order chi connectivity index (χ0) is 21.8. The van der Waals surface area contributed by atoms with E-state index in [0.717, 1.165) is 11.3 Å². The SMILES string of the molecule is CCC(=O)c1ccc(OC(=O)c2cc(-c3ccc(OC)cc3)nc3ccccc23)cc1. The minimum Gasteiger partial charge on any atom is -0.497 e. The molecule has 0 aliphatic rings. The van der Waals surface area contributed by atoms with Crippen molar-refractivity contribution < 1.29 is 19.1 Å². The van der Waals surface area contributed by atoms with E-state index in [1.807, 2.05) is 55.5 Å². The van der Waals surface area contributed by atoms with E-state index in [0.29, 0.717) is 39.9 Å². The summed E-state index contributed by atoms with van der Waals surface area (Å²) in [4.78, 5) is 29.6. The lowest BCUT2D eigenvalue weighted by Crippen LogP contribution is -2.10. The Hall–Kier alpha value is -3.99. The summed E-state index contributed by atoms with van der Waals surface area (Å²) in [5.41, 5.74) is 3.25. The molecule has 0 unspecified atom stereocenters. The summed E-state index contributed by atoms with van der Waals surface area (Å²) < 4.78 is 10.8. The van der Waals surface area contributed by atoms with Crippen LogP contribution in [-0.2, 0) is 0 Å². The van der Waals surface area contributed by atoms with Crippen molar-refractivity contribution in [1.29, 1.82) is 0 Å². The molecule has 5 heteroatoms. The number of ketones is 1. The Morgan fingerprint density at radius 2 is 1.55 bits per heavy atom. The molecule has 0 radical (unpaired) electrons. The lowest BCUT2D eigenvalue weighted by molar-refractivity contribution is 0.0736. The Bertz CT molecular complexity index is 1240. The molecule has 0 aliphatic carbocycles. The summed E-state index contributed by atoms with van der Waals surface area (Å²) in [6, 6.07) is 23.3. The standard InChI is InChI=1S/C26H21NO4/c1-3-25(28)18-10-14-20(15-11-18)31-26(29)22-16-24(17-8-12-19(30-2)13-9-17)27-23-7-5-4-6-21(22)23/h4-16H,3H2,1-2H3. The molecule has 0 spiro atoms. The number of fused-ring (bicyclic) bond motifs is 1. The Balaban J connectivity index is 1.69. The topological polar surface area (TPSA) is 65.5 Å². The van der Waals surface area contributed by atoms with Crippen LogP contribution < -0.4 is 9.47 Å². The molecule has 0 amide bonds. The quantitative estimate of drug-likeness (QED) is 0.231. The molecule has 0 saturated carbocycles. The fourth-order valence-corrected chi connectivity index (χ4v) is 3.33. The average molecular weight is 411 g/mol. The second-order valence-corrected chi connectivity index (χ2v) is 6.99. The summed E-state index contributed by atoms with van der Waals surface area (Å²) in [6.07, 6.45) is 0.427. The highest BCUT2D eigenvalue weighted by molar-refractivity contribution is 6.05. The number of nitrogens with zero attached hydrogens (tertiary/aromatic N) is 1. The number of carbonyl (C=O) groups excluding carboxylic acids is 2. The Morgan fingerprint density at radius 1 is 0.871 bits per heavy atom. The van der Waals surface area contributed by atoms with E-state index in [9.17, 15) is 9.59 Å². The zero-order valence-electron chi connectivity index (χ0n) is 17.3. The Morgan fingerprint density at radius 3 is 2.23 bits per heavy atom. The third kappa shape index (κ3) is 4.31. The lowest BCUT2D eigenvalue weighted by atomic mass is 10.0. The number of pyridine rings is 1. The molecule has 31 heavy (non-hydrogen) atoms. The van der Waals surface area contributed by atoms with Crippen LogP contribution in [0.5, 0.6) is 11.5 Å². The maximum absolute atomic E-state index is 13.1. The number of rotatable bonds is 6. The third-order valence-electron chi connectivity index (χ3n) is 5.03. The van der Waals surface area contributed by atoms with Crippen LogP contribution in [0.1, 0.15) is 34.1 Å². The molecule has 0 saturated heterocycles. The van der Waals surface area contributed by atoms with Gasteiger partial charge in [-0.2, -0.15) is 0 Å². The second kappa shape index (κ2) is 8.79. The van der Waals surface area contributed by atoms with Gasteiger partial charge >= 0.3 is 5.97 Å². The van der Waals surface area contributed by atoms with Gasteiger partial charge in [-0.25, -0.2) is 9.78 Å². The van der Waals surface area contributed by atoms with Gasteiger partial charge in [0.1, 0.15) is 11.5 Å². The van der Waals surface area contributed by atoms with E-state index in [1.54, 1.807) is 37.4 Å². The third-order valence-corrected chi connectivity index (χ3v) is 5.03. The van der Waals surface area contributed by atoms with Gasteiger partial charge in [0.05, 0.1) is 23.9 Å². The molecule has 1 heterocycles. The van der Waals surface area contributed by atoms with Crippen molar-refractivity contribution in [1.82, 2.24) is 4.98 Å². The molecule has 0 aliphatic heterocycles. The molecule has 5 nitrogen and oxygen atoms in total. The number of ether oxygens (including phenoxy) is 2. The van der Waals surface area contributed by atoms with Crippen LogP contribution in [0.3, 0.4) is 0 Å². The van der Waals surface area contributed by atoms with Crippen molar-refractivity contribution in [2.75, 3.05) is 7.11 Å². The Labute approximate surface area is 180 Å². The summed E-state index contributed by atoms with van der Waals surface area (Å²) in [5.74, 6) is 0.684. The Kier molecular flexibility index (Phi) is 5.76. The van der Waals surface area contributed by atoms with E-state index in [-0.39, 0.29) is 5.78 Å². The monoisotopic (exact) mass is 411 g/mol. The number of esters is 1. The van der Waals surface area contributed by atoms with Gasteiger partial charge in [-0.3, -0.25) is 4.79 Å². The summed E-state index contributed by atoms with van der Waals surface area (Å²) in [7, 11) is 1.61. The maximum Gasteiger partial charge on any atom is 0.344 e. The first-order valence-corrected chi connectivity index (χ1v) is 9.98. The number of hydrogen-bond acceptors (Lipinski definition) is 5. The van der Waals surface area contributed by atoms with Gasteiger partial charge in [0.15, 0.2) is 5.78 Å². The highest BCUT2D eigenvalue weighted by Gasteiger charge is 2.16. The highest BCUT2D eigenvalue weighted by atomic mass is 16.5. The van der Waals surface area contributed by atoms with Crippen LogP contribution in [0.25, 0.3) is 22.2 Å². The van der Waals surface area contributed by atoms with Gasteiger partial charge in [0, 0.05) is 22.9 Å². The molecule has 0 N–H and O–H groups in total. The zero-order valence-corrected chi connectivity index (χ0v) is 17.3. The molecule has 0 fully saturated rings. The van der Waals surface area contributed by atoms with Gasteiger partial charge in [0.2, 0.25) is 0 Å². The van der Waals surface area contributed by atoms with Crippen LogP contribution in [0, 0.1) is 0 Å². The van der Waals surface area contributed by atoms with E-state index < -0.39 is 5.97 Å². The molecule has 154 valence electrons. The molecule has 0 bridgehead atoms. The molecule has 4 rings (SSSR count). The normalized spacial score (nSPS) is 10.6. The number of benzene rings is 3. The predicted octanol–water partition coefficient (Wildman–Crippen LogP) is 5.72. The van der Waals surface area contributed by atoms with Crippen molar-refractivity contribution in [3.05, 3.63) is 90.0 Å². The minimum absolute atomic E-state index is 0.0436. The van der Waals surface area contributed by atoms with Crippen LogP contribution >= 0.6 is 0 Å². The lowest BCUT2D eigenvalue weighted by Gasteiger charge is -2.11. The number of carbonyl (C=O) groups is 2. The van der Waals surface area contributed by atoms with E-state index >= 15 is 0 Å². The maximum atomic E-state index is 13.1. The molecule has 4 aromatic rings. The number of Topliss-reactive ketones (excluding diaryl/α,β-unsaturated/α-hetero) is 1. The number of aromatic nitrogens is 1. The largest absolute Gasteiger partial charge is 0.497 e. The van der Waals surface area contributed by atoms with Crippen LogP contribution in [0.4, 0.5) is 0 Å². The second-order valence-electron chi connectivity index (χ2n) is 6.99. The highest BCUT2D eigenvalue weighted by Crippen LogP contribution is 2.27. The number of hydrogen-bond donors (Lipinski definition) is 0. The van der Waals surface area contributed by atoms with E-state index in [4.69, 9.17) is 14.5 Å². The molecular formula is C26H21NO4. The first-order valence-electron chi connectivity index (χ1n) is 9.98. The first kappa shape index (κ1) is 20.3. The van der Waals surface area contributed by atoms with Crippen molar-refractivity contribution in [3.63, 3.8) is 0 Å². The van der Waals surface area contributed by atoms with Crippen molar-refractivity contribution in [2.45, 2.75) is 13.3 Å². The number of para-hydroxylation sites is 1. The van der Waals surface area contributed by atoms with Crippen molar-refractivity contribution >= 4 is 22.7 Å². The predicted molar refractivity (Wildman–Crippen MR) is 120 cm³/mol. The smallest absolute Gasteiger partial charge is 0.344 e. The minimum atomic E-state index is -0.483. The fourth-order valence-electron chi connectivity index (χ4n) is 3.33.